The van der Waals surface area contributed by atoms with E-state index in [1.165, 1.54) is 0 Å². The lowest BCUT2D eigenvalue weighted by molar-refractivity contribution is -0.00455. The van der Waals surface area contributed by atoms with Crippen molar-refractivity contribution in [3.63, 3.8) is 0 Å². The van der Waals surface area contributed by atoms with Gasteiger partial charge in [-0.15, -0.1) is 0 Å². The highest BCUT2D eigenvalue weighted by molar-refractivity contribution is 6.30. The molecule has 2 atom stereocenters. The molecular formula is C29H21ClN2O2. The summed E-state index contributed by atoms with van der Waals surface area (Å²) >= 11 is 6.08. The van der Waals surface area contributed by atoms with Crippen LogP contribution >= 0.6 is 11.6 Å². The number of rotatable bonds is 4. The fraction of sp³-hybridized carbons (Fsp3) is 0.103. The molecule has 4 aromatic rings. The molecule has 6 rings (SSSR count). The number of nitrogens with zero attached hydrogens (tertiary/aromatic N) is 2. The zero-order valence-electron chi connectivity index (χ0n) is 18.3. The van der Waals surface area contributed by atoms with Gasteiger partial charge in [0.15, 0.2) is 0 Å². The maximum Gasteiger partial charge on any atom is 0.251 e. The standard InChI is InChI=1S/C29H21ClN2O2/c30-23-16-14-21(15-17-23)25-18-26-24-8-4-5-9-27(24)34-29(32(26)31-25)28(33)22-12-10-20(11-13-22)19-6-2-1-3-7-19/h1-17,26,29H,18H2/t26-,29-/m0/s1. The van der Waals surface area contributed by atoms with Gasteiger partial charge in [0.2, 0.25) is 5.78 Å². The number of halogens is 1. The number of para-hydroxylation sites is 1. The molecular weight excluding hydrogens is 444 g/mol. The molecule has 0 amide bonds. The third kappa shape index (κ3) is 3.66. The number of hydrogen-bond donors (Lipinski definition) is 0. The Morgan fingerprint density at radius 2 is 1.44 bits per heavy atom. The first kappa shape index (κ1) is 20.7. The molecule has 166 valence electrons. The Morgan fingerprint density at radius 3 is 2.21 bits per heavy atom. The van der Waals surface area contributed by atoms with Crippen LogP contribution < -0.4 is 4.74 Å². The van der Waals surface area contributed by atoms with Gasteiger partial charge in [0.25, 0.3) is 6.23 Å². The highest BCUT2D eigenvalue weighted by atomic mass is 35.5. The molecule has 4 aromatic carbocycles. The fourth-order valence-corrected chi connectivity index (χ4v) is 4.75. The largest absolute Gasteiger partial charge is 0.461 e. The van der Waals surface area contributed by atoms with Crippen molar-refractivity contribution in [1.82, 2.24) is 5.01 Å². The Balaban J connectivity index is 1.34. The summed E-state index contributed by atoms with van der Waals surface area (Å²) in [6.07, 6.45) is -0.133. The number of Topliss-reactive ketones (excluding diaryl/α,β-unsaturated/α-hetero) is 1. The first-order valence-electron chi connectivity index (χ1n) is 11.2. The molecule has 0 aliphatic carbocycles. The summed E-state index contributed by atoms with van der Waals surface area (Å²) < 4.78 is 6.23. The van der Waals surface area contributed by atoms with E-state index in [-0.39, 0.29) is 11.8 Å². The quantitative estimate of drug-likeness (QED) is 0.313. The number of ether oxygens (including phenoxy) is 1. The van der Waals surface area contributed by atoms with Crippen molar-refractivity contribution >= 4 is 23.1 Å². The van der Waals surface area contributed by atoms with Gasteiger partial charge in [-0.25, -0.2) is 5.01 Å². The second-order valence-electron chi connectivity index (χ2n) is 8.47. The summed E-state index contributed by atoms with van der Waals surface area (Å²) in [4.78, 5) is 13.6. The molecule has 0 saturated carbocycles. The van der Waals surface area contributed by atoms with Crippen LogP contribution in [0.3, 0.4) is 0 Å². The van der Waals surface area contributed by atoms with Gasteiger partial charge in [0.05, 0.1) is 11.8 Å². The van der Waals surface area contributed by atoms with Crippen LogP contribution in [0.1, 0.15) is 33.9 Å². The molecule has 0 N–H and O–H groups in total. The highest BCUT2D eigenvalue weighted by Gasteiger charge is 2.43. The second-order valence-corrected chi connectivity index (χ2v) is 8.91. The van der Waals surface area contributed by atoms with Crippen molar-refractivity contribution in [2.45, 2.75) is 18.7 Å². The molecule has 2 aliphatic rings. The molecule has 0 radical (unpaired) electrons. The van der Waals surface area contributed by atoms with Crippen molar-refractivity contribution in [1.29, 1.82) is 0 Å². The lowest BCUT2D eigenvalue weighted by Gasteiger charge is -2.37. The molecule has 0 fully saturated rings. The molecule has 0 saturated heterocycles. The number of benzene rings is 4. The number of hydrazone groups is 1. The predicted octanol–water partition coefficient (Wildman–Crippen LogP) is 6.76. The lowest BCUT2D eigenvalue weighted by Crippen LogP contribution is -2.45. The lowest BCUT2D eigenvalue weighted by atomic mass is 9.95. The van der Waals surface area contributed by atoms with E-state index in [0.717, 1.165) is 33.7 Å². The topological polar surface area (TPSA) is 41.9 Å². The van der Waals surface area contributed by atoms with Gasteiger partial charge >= 0.3 is 0 Å². The Labute approximate surface area is 203 Å². The second kappa shape index (κ2) is 8.47. The summed E-state index contributed by atoms with van der Waals surface area (Å²) in [5, 5.41) is 7.36. The average molecular weight is 465 g/mol. The van der Waals surface area contributed by atoms with Crippen LogP contribution in [0.15, 0.2) is 108 Å². The summed E-state index contributed by atoms with van der Waals surface area (Å²) in [5.41, 5.74) is 5.72. The normalized spacial score (nSPS) is 18.5. The third-order valence-electron chi connectivity index (χ3n) is 6.38. The molecule has 0 unspecified atom stereocenters. The molecule has 34 heavy (non-hydrogen) atoms. The molecule has 0 spiro atoms. The summed E-state index contributed by atoms with van der Waals surface area (Å²) in [6, 6.07) is 33.3. The third-order valence-corrected chi connectivity index (χ3v) is 6.63. The van der Waals surface area contributed by atoms with Gasteiger partial charge in [-0.3, -0.25) is 4.79 Å². The van der Waals surface area contributed by atoms with E-state index in [1.807, 2.05) is 96.0 Å². The molecule has 0 bridgehead atoms. The molecule has 2 heterocycles. The minimum atomic E-state index is -0.827. The van der Waals surface area contributed by atoms with Crippen LogP contribution in [-0.4, -0.2) is 22.7 Å². The van der Waals surface area contributed by atoms with E-state index in [2.05, 4.69) is 12.1 Å². The van der Waals surface area contributed by atoms with Crippen LogP contribution in [-0.2, 0) is 0 Å². The fourth-order valence-electron chi connectivity index (χ4n) is 4.62. The van der Waals surface area contributed by atoms with Gasteiger partial charge in [-0.05, 0) is 34.9 Å². The summed E-state index contributed by atoms with van der Waals surface area (Å²) in [5.74, 6) is 0.621. The van der Waals surface area contributed by atoms with Crippen LogP contribution in [0.25, 0.3) is 11.1 Å². The first-order valence-corrected chi connectivity index (χ1v) is 11.6. The van der Waals surface area contributed by atoms with Gasteiger partial charge in [0.1, 0.15) is 5.75 Å². The van der Waals surface area contributed by atoms with Crippen molar-refractivity contribution in [3.05, 3.63) is 125 Å². The zero-order valence-corrected chi connectivity index (χ0v) is 19.0. The van der Waals surface area contributed by atoms with Crippen LogP contribution in [0, 0.1) is 0 Å². The Bertz CT molecular complexity index is 1380. The average Bonchev–Trinajstić information content (AvgIpc) is 3.35. The van der Waals surface area contributed by atoms with Gasteiger partial charge in [0, 0.05) is 22.6 Å². The predicted molar refractivity (Wildman–Crippen MR) is 134 cm³/mol. The Kier molecular flexibility index (Phi) is 5.16. The smallest absolute Gasteiger partial charge is 0.251 e. The number of carbonyl (C=O) groups excluding carboxylic acids is 1. The number of carbonyl (C=O) groups is 1. The Morgan fingerprint density at radius 1 is 0.794 bits per heavy atom. The van der Waals surface area contributed by atoms with E-state index in [9.17, 15) is 4.79 Å². The maximum absolute atomic E-state index is 13.6. The SMILES string of the molecule is O=C(c1ccc(-c2ccccc2)cc1)[C@@H]1Oc2ccccc2[C@@H]2CC(c3ccc(Cl)cc3)=NN12. The minimum Gasteiger partial charge on any atom is -0.461 e. The molecule has 2 aliphatic heterocycles. The minimum absolute atomic E-state index is 0.0619. The monoisotopic (exact) mass is 464 g/mol. The summed E-state index contributed by atoms with van der Waals surface area (Å²) in [6.45, 7) is 0. The van der Waals surface area contributed by atoms with Gasteiger partial charge in [-0.2, -0.15) is 5.10 Å². The van der Waals surface area contributed by atoms with Crippen LogP contribution in [0.4, 0.5) is 0 Å². The maximum atomic E-state index is 13.6. The molecule has 4 nitrogen and oxygen atoms in total. The van der Waals surface area contributed by atoms with Crippen LogP contribution in [0.2, 0.25) is 5.02 Å². The zero-order chi connectivity index (χ0) is 23.1. The van der Waals surface area contributed by atoms with Gasteiger partial charge in [-0.1, -0.05) is 96.5 Å². The van der Waals surface area contributed by atoms with Crippen LogP contribution in [0.5, 0.6) is 5.75 Å². The number of hydrogen-bond acceptors (Lipinski definition) is 4. The molecule has 5 heteroatoms. The summed E-state index contributed by atoms with van der Waals surface area (Å²) in [7, 11) is 0. The van der Waals surface area contributed by atoms with E-state index < -0.39 is 6.23 Å². The van der Waals surface area contributed by atoms with Crippen molar-refractivity contribution in [2.75, 3.05) is 0 Å². The van der Waals surface area contributed by atoms with Gasteiger partial charge < -0.3 is 4.74 Å². The van der Waals surface area contributed by atoms with Crippen molar-refractivity contribution < 1.29 is 9.53 Å². The van der Waals surface area contributed by atoms with E-state index in [0.29, 0.717) is 17.0 Å². The molecule has 0 aromatic heterocycles. The number of fused-ring (bicyclic) bond motifs is 3. The van der Waals surface area contributed by atoms with Crippen molar-refractivity contribution in [2.24, 2.45) is 5.10 Å². The first-order chi connectivity index (χ1) is 16.7. The highest BCUT2D eigenvalue weighted by Crippen LogP contribution is 2.43. The Hall–Kier alpha value is -3.89. The van der Waals surface area contributed by atoms with E-state index >= 15 is 0 Å². The van der Waals surface area contributed by atoms with E-state index in [1.54, 1.807) is 0 Å². The van der Waals surface area contributed by atoms with E-state index in [4.69, 9.17) is 21.4 Å². The number of ketones is 1. The van der Waals surface area contributed by atoms with Crippen molar-refractivity contribution in [3.8, 4) is 16.9 Å².